The standard InChI is InChI=1S/C19H23ClN4O2S/c1-13(18(25)22-19(21)26)24-10-8-23(9-11-24)12-14-6-7-17(27-14)15-4-2-3-5-16(15)20/h2-7,13H,8-12H2,1H3,(H3,21,22,25,26)/t13-/m0/s1. The third-order valence-corrected chi connectivity index (χ3v) is 6.19. The van der Waals surface area contributed by atoms with Gasteiger partial charge in [-0.05, 0) is 25.1 Å². The summed E-state index contributed by atoms with van der Waals surface area (Å²) in [7, 11) is 0. The van der Waals surface area contributed by atoms with Gasteiger partial charge >= 0.3 is 6.03 Å². The van der Waals surface area contributed by atoms with Crippen molar-refractivity contribution in [2.75, 3.05) is 26.2 Å². The van der Waals surface area contributed by atoms with Gasteiger partial charge in [-0.3, -0.25) is 19.9 Å². The summed E-state index contributed by atoms with van der Waals surface area (Å²) >= 11 is 8.05. The molecule has 2 heterocycles. The molecule has 3 rings (SSSR count). The number of urea groups is 1. The van der Waals surface area contributed by atoms with Gasteiger partial charge in [0, 0.05) is 53.1 Å². The second-order valence-corrected chi connectivity index (χ2v) is 8.16. The number of rotatable bonds is 5. The van der Waals surface area contributed by atoms with Crippen LogP contribution in [-0.4, -0.2) is 54.0 Å². The number of amides is 3. The lowest BCUT2D eigenvalue weighted by Gasteiger charge is -2.37. The molecule has 0 aliphatic carbocycles. The molecule has 0 unspecified atom stereocenters. The quantitative estimate of drug-likeness (QED) is 0.800. The van der Waals surface area contributed by atoms with Crippen LogP contribution in [0.5, 0.6) is 0 Å². The van der Waals surface area contributed by atoms with E-state index in [0.29, 0.717) is 0 Å². The highest BCUT2D eigenvalue weighted by atomic mass is 35.5. The number of nitrogens with zero attached hydrogens (tertiary/aromatic N) is 2. The van der Waals surface area contributed by atoms with Crippen LogP contribution in [0.15, 0.2) is 36.4 Å². The minimum atomic E-state index is -0.808. The SMILES string of the molecule is C[C@@H](C(=O)NC(N)=O)N1CCN(Cc2ccc(-c3ccccc3Cl)s2)CC1. The number of nitrogens with two attached hydrogens (primary N) is 1. The van der Waals surface area contributed by atoms with Crippen LogP contribution in [0.3, 0.4) is 0 Å². The number of carbonyl (C=O) groups excluding carboxylic acids is 2. The first-order chi connectivity index (χ1) is 12.9. The molecule has 0 spiro atoms. The fourth-order valence-corrected chi connectivity index (χ4v) is 4.57. The third kappa shape index (κ3) is 5.07. The first-order valence-corrected chi connectivity index (χ1v) is 10.0. The fourth-order valence-electron chi connectivity index (χ4n) is 3.19. The van der Waals surface area contributed by atoms with E-state index in [0.717, 1.165) is 43.3 Å². The highest BCUT2D eigenvalue weighted by Crippen LogP contribution is 2.33. The Labute approximate surface area is 167 Å². The van der Waals surface area contributed by atoms with E-state index in [1.54, 1.807) is 18.3 Å². The smallest absolute Gasteiger partial charge is 0.318 e. The van der Waals surface area contributed by atoms with Crippen molar-refractivity contribution < 1.29 is 9.59 Å². The number of thiophene rings is 1. The van der Waals surface area contributed by atoms with Crippen LogP contribution < -0.4 is 11.1 Å². The Kier molecular flexibility index (Phi) is 6.49. The van der Waals surface area contributed by atoms with Gasteiger partial charge in [0.2, 0.25) is 5.91 Å². The van der Waals surface area contributed by atoms with E-state index in [1.807, 2.05) is 24.3 Å². The molecule has 27 heavy (non-hydrogen) atoms. The lowest BCUT2D eigenvalue weighted by atomic mass is 10.2. The maximum Gasteiger partial charge on any atom is 0.318 e. The van der Waals surface area contributed by atoms with Gasteiger partial charge < -0.3 is 5.73 Å². The second kappa shape index (κ2) is 8.84. The lowest BCUT2D eigenvalue weighted by Crippen LogP contribution is -2.54. The van der Waals surface area contributed by atoms with Gasteiger partial charge in [-0.2, -0.15) is 0 Å². The molecule has 0 bridgehead atoms. The van der Waals surface area contributed by atoms with Crippen LogP contribution >= 0.6 is 22.9 Å². The zero-order valence-corrected chi connectivity index (χ0v) is 16.7. The number of piperazine rings is 1. The van der Waals surface area contributed by atoms with Gasteiger partial charge in [0.05, 0.1) is 6.04 Å². The summed E-state index contributed by atoms with van der Waals surface area (Å²) in [6.07, 6.45) is 0. The molecule has 144 valence electrons. The number of imide groups is 1. The van der Waals surface area contributed by atoms with Crippen LogP contribution in [-0.2, 0) is 11.3 Å². The molecule has 1 aromatic heterocycles. The Bertz CT molecular complexity index is 818. The number of hydrogen-bond donors (Lipinski definition) is 2. The molecule has 3 amide bonds. The zero-order valence-electron chi connectivity index (χ0n) is 15.2. The molecule has 0 radical (unpaired) electrons. The van der Waals surface area contributed by atoms with Crippen molar-refractivity contribution in [1.29, 1.82) is 0 Å². The normalized spacial score (nSPS) is 16.8. The van der Waals surface area contributed by atoms with Crippen molar-refractivity contribution in [1.82, 2.24) is 15.1 Å². The molecule has 3 N–H and O–H groups in total. The molecule has 2 aromatic rings. The van der Waals surface area contributed by atoms with E-state index in [1.165, 1.54) is 9.75 Å². The van der Waals surface area contributed by atoms with Crippen molar-refractivity contribution in [3.8, 4) is 10.4 Å². The maximum absolute atomic E-state index is 11.9. The maximum atomic E-state index is 11.9. The van der Waals surface area contributed by atoms with Gasteiger partial charge in [0.1, 0.15) is 0 Å². The predicted molar refractivity (Wildman–Crippen MR) is 109 cm³/mol. The summed E-state index contributed by atoms with van der Waals surface area (Å²) in [5.74, 6) is -0.349. The summed E-state index contributed by atoms with van der Waals surface area (Å²) in [6, 6.07) is 11.0. The summed E-state index contributed by atoms with van der Waals surface area (Å²) < 4.78 is 0. The predicted octanol–water partition coefficient (Wildman–Crippen LogP) is 2.77. The minimum absolute atomic E-state index is 0.349. The van der Waals surface area contributed by atoms with Crippen LogP contribution in [0, 0.1) is 0 Å². The summed E-state index contributed by atoms with van der Waals surface area (Å²) in [4.78, 5) is 29.7. The average molecular weight is 407 g/mol. The monoisotopic (exact) mass is 406 g/mol. The van der Waals surface area contributed by atoms with Gasteiger partial charge in [0.25, 0.3) is 0 Å². The molecule has 1 fully saturated rings. The topological polar surface area (TPSA) is 78.7 Å². The summed E-state index contributed by atoms with van der Waals surface area (Å²) in [5, 5.41) is 2.92. The third-order valence-electron chi connectivity index (χ3n) is 4.76. The molecule has 1 atom stereocenters. The number of primary amides is 1. The van der Waals surface area contributed by atoms with Gasteiger partial charge in [-0.1, -0.05) is 29.8 Å². The van der Waals surface area contributed by atoms with E-state index < -0.39 is 6.03 Å². The van der Waals surface area contributed by atoms with Crippen LogP contribution in [0.25, 0.3) is 10.4 Å². The van der Waals surface area contributed by atoms with Crippen molar-refractivity contribution in [3.63, 3.8) is 0 Å². The molecule has 1 saturated heterocycles. The largest absolute Gasteiger partial charge is 0.351 e. The Morgan fingerprint density at radius 3 is 2.56 bits per heavy atom. The first kappa shape index (κ1) is 19.8. The van der Waals surface area contributed by atoms with Crippen molar-refractivity contribution in [2.45, 2.75) is 19.5 Å². The molecular weight excluding hydrogens is 384 g/mol. The number of nitrogens with one attached hydrogen (secondary N) is 1. The molecule has 6 nitrogen and oxygen atoms in total. The van der Waals surface area contributed by atoms with Crippen molar-refractivity contribution in [3.05, 3.63) is 46.3 Å². The Morgan fingerprint density at radius 2 is 1.89 bits per heavy atom. The molecule has 0 saturated carbocycles. The number of halogens is 1. The molecule has 1 aliphatic heterocycles. The highest BCUT2D eigenvalue weighted by Gasteiger charge is 2.26. The number of carbonyl (C=O) groups is 2. The molecule has 1 aliphatic rings. The van der Waals surface area contributed by atoms with Crippen molar-refractivity contribution >= 4 is 34.9 Å². The molecule has 8 heteroatoms. The van der Waals surface area contributed by atoms with E-state index in [9.17, 15) is 9.59 Å². The Balaban J connectivity index is 1.53. The van der Waals surface area contributed by atoms with Crippen LogP contribution in [0.2, 0.25) is 5.02 Å². The number of hydrogen-bond acceptors (Lipinski definition) is 5. The first-order valence-electron chi connectivity index (χ1n) is 8.84. The number of benzene rings is 1. The van der Waals surface area contributed by atoms with Gasteiger partial charge in [0.15, 0.2) is 0 Å². The molecule has 1 aromatic carbocycles. The lowest BCUT2D eigenvalue weighted by molar-refractivity contribution is -0.125. The summed E-state index contributed by atoms with van der Waals surface area (Å²) in [6.45, 7) is 5.96. The van der Waals surface area contributed by atoms with E-state index in [-0.39, 0.29) is 11.9 Å². The fraction of sp³-hybridized carbons (Fsp3) is 0.368. The Hall–Kier alpha value is -1.93. The highest BCUT2D eigenvalue weighted by molar-refractivity contribution is 7.15. The van der Waals surface area contributed by atoms with E-state index >= 15 is 0 Å². The van der Waals surface area contributed by atoms with Gasteiger partial charge in [-0.15, -0.1) is 11.3 Å². The van der Waals surface area contributed by atoms with Crippen LogP contribution in [0.1, 0.15) is 11.8 Å². The second-order valence-electron chi connectivity index (χ2n) is 6.59. The van der Waals surface area contributed by atoms with Gasteiger partial charge in [-0.25, -0.2) is 4.79 Å². The van der Waals surface area contributed by atoms with Crippen LogP contribution in [0.4, 0.5) is 4.79 Å². The molecular formula is C19H23ClN4O2S. The van der Waals surface area contributed by atoms with Crippen molar-refractivity contribution in [2.24, 2.45) is 5.73 Å². The Morgan fingerprint density at radius 1 is 1.19 bits per heavy atom. The summed E-state index contributed by atoms with van der Waals surface area (Å²) in [5.41, 5.74) is 6.08. The zero-order chi connectivity index (χ0) is 19.4. The average Bonchev–Trinajstić information content (AvgIpc) is 3.10. The van der Waals surface area contributed by atoms with E-state index in [4.69, 9.17) is 17.3 Å². The van der Waals surface area contributed by atoms with E-state index in [2.05, 4.69) is 27.2 Å². The minimum Gasteiger partial charge on any atom is -0.351 e.